The first-order chi connectivity index (χ1) is 13.5. The minimum absolute atomic E-state index is 0.166. The Morgan fingerprint density at radius 2 is 1.93 bits per heavy atom. The molecule has 1 amide bonds. The van der Waals surface area contributed by atoms with E-state index in [-0.39, 0.29) is 17.3 Å². The molecule has 1 N–H and O–H groups in total. The number of amides is 1. The normalized spacial score (nSPS) is 14.7. The molecule has 3 rings (SSSR count). The monoisotopic (exact) mass is 384 g/mol. The lowest BCUT2D eigenvalue weighted by molar-refractivity contribution is -0.917. The average molecular weight is 384 g/mol. The van der Waals surface area contributed by atoms with Crippen LogP contribution in [0, 0.1) is 17.0 Å². The van der Waals surface area contributed by atoms with E-state index in [1.165, 1.54) is 28.2 Å². The first kappa shape index (κ1) is 19.8. The predicted molar refractivity (Wildman–Crippen MR) is 106 cm³/mol. The summed E-state index contributed by atoms with van der Waals surface area (Å²) in [6, 6.07) is 12.8. The van der Waals surface area contributed by atoms with Crippen LogP contribution >= 0.6 is 0 Å². The van der Waals surface area contributed by atoms with Crippen molar-refractivity contribution >= 4 is 11.6 Å². The Labute approximate surface area is 164 Å². The van der Waals surface area contributed by atoms with Crippen LogP contribution in [0.4, 0.5) is 5.69 Å². The highest BCUT2D eigenvalue weighted by Gasteiger charge is 2.27. The predicted octanol–water partition coefficient (Wildman–Crippen LogP) is 1.84. The summed E-state index contributed by atoms with van der Waals surface area (Å²) in [5.41, 5.74) is 2.78. The number of nitrogens with one attached hydrogen (secondary N) is 1. The summed E-state index contributed by atoms with van der Waals surface area (Å²) in [5.74, 6) is 0.0256. The molecule has 7 heteroatoms. The minimum Gasteiger partial charge on any atom is -0.487 e. The van der Waals surface area contributed by atoms with Crippen LogP contribution in [0.2, 0.25) is 0 Å². The van der Waals surface area contributed by atoms with Crippen LogP contribution in [0.1, 0.15) is 28.4 Å². The maximum absolute atomic E-state index is 12.8. The van der Waals surface area contributed by atoms with Gasteiger partial charge in [0.25, 0.3) is 5.91 Å². The quantitative estimate of drug-likeness (QED) is 0.609. The second kappa shape index (κ2) is 8.84. The molecule has 1 aliphatic heterocycles. The highest BCUT2D eigenvalue weighted by molar-refractivity contribution is 5.95. The Hall–Kier alpha value is -2.93. The topological polar surface area (TPSA) is 77.1 Å². The largest absolute Gasteiger partial charge is 0.487 e. The van der Waals surface area contributed by atoms with Crippen molar-refractivity contribution in [3.63, 3.8) is 0 Å². The molecule has 0 radical (unpaired) electrons. The van der Waals surface area contributed by atoms with Crippen LogP contribution < -0.4 is 9.64 Å². The van der Waals surface area contributed by atoms with Gasteiger partial charge in [-0.05, 0) is 31.5 Å². The van der Waals surface area contributed by atoms with Gasteiger partial charge in [-0.25, -0.2) is 0 Å². The Morgan fingerprint density at radius 1 is 1.21 bits per heavy atom. The number of nitrogens with zero attached hydrogens (tertiary/aromatic N) is 2. The van der Waals surface area contributed by atoms with Crippen molar-refractivity contribution in [3.8, 4) is 5.75 Å². The Balaban J connectivity index is 1.64. The number of benzene rings is 2. The average Bonchev–Trinajstić information content (AvgIpc) is 2.70. The molecule has 28 heavy (non-hydrogen) atoms. The number of rotatable bonds is 6. The van der Waals surface area contributed by atoms with E-state index < -0.39 is 4.92 Å². The number of nitro groups is 1. The fourth-order valence-electron chi connectivity index (χ4n) is 3.53. The van der Waals surface area contributed by atoms with Crippen LogP contribution in [0.5, 0.6) is 5.75 Å². The molecule has 1 fully saturated rings. The van der Waals surface area contributed by atoms with E-state index in [0.29, 0.717) is 25.3 Å². The molecule has 0 spiro atoms. The summed E-state index contributed by atoms with van der Waals surface area (Å²) in [7, 11) is 0. The number of hydrogen-bond donors (Lipinski definition) is 1. The summed E-state index contributed by atoms with van der Waals surface area (Å²) >= 11 is 0. The van der Waals surface area contributed by atoms with Gasteiger partial charge in [-0.1, -0.05) is 24.3 Å². The van der Waals surface area contributed by atoms with Gasteiger partial charge < -0.3 is 14.5 Å². The summed E-state index contributed by atoms with van der Waals surface area (Å²) in [5, 5.41) is 11.3. The van der Waals surface area contributed by atoms with Crippen LogP contribution in [0.15, 0.2) is 42.5 Å². The molecule has 7 nitrogen and oxygen atoms in total. The lowest BCUT2D eigenvalue weighted by Gasteiger charge is -2.32. The van der Waals surface area contributed by atoms with Gasteiger partial charge in [-0.3, -0.25) is 14.9 Å². The summed E-state index contributed by atoms with van der Waals surface area (Å²) in [6.07, 6.45) is 0. The van der Waals surface area contributed by atoms with Crippen molar-refractivity contribution in [1.82, 2.24) is 4.90 Å². The van der Waals surface area contributed by atoms with Gasteiger partial charge in [0, 0.05) is 17.2 Å². The molecular formula is C21H26N3O4+. The first-order valence-corrected chi connectivity index (χ1v) is 9.58. The third kappa shape index (κ3) is 4.48. The molecule has 0 atom stereocenters. The second-order valence-corrected chi connectivity index (χ2v) is 7.02. The van der Waals surface area contributed by atoms with E-state index in [2.05, 4.69) is 25.1 Å². The smallest absolute Gasteiger partial charge is 0.311 e. The fourth-order valence-corrected chi connectivity index (χ4v) is 3.53. The van der Waals surface area contributed by atoms with Crippen LogP contribution in [-0.2, 0) is 6.54 Å². The van der Waals surface area contributed by atoms with Gasteiger partial charge in [0.05, 0.1) is 37.7 Å². The van der Waals surface area contributed by atoms with Crippen molar-refractivity contribution in [2.45, 2.75) is 20.4 Å². The Bertz CT molecular complexity index is 860. The zero-order chi connectivity index (χ0) is 20.1. The number of piperazine rings is 1. The SMILES string of the molecule is CCOc1ccc(C(=O)N2CC[NH+](Cc3ccccc3C)CC2)cc1[N+](=O)[O-]. The van der Waals surface area contributed by atoms with E-state index in [1.54, 1.807) is 17.9 Å². The number of ether oxygens (including phenoxy) is 1. The van der Waals surface area contributed by atoms with Gasteiger partial charge in [-0.2, -0.15) is 0 Å². The molecule has 2 aromatic carbocycles. The molecule has 0 saturated carbocycles. The molecular weight excluding hydrogens is 358 g/mol. The third-order valence-electron chi connectivity index (χ3n) is 5.16. The van der Waals surface area contributed by atoms with Crippen molar-refractivity contribution in [3.05, 3.63) is 69.3 Å². The van der Waals surface area contributed by atoms with E-state index >= 15 is 0 Å². The lowest BCUT2D eigenvalue weighted by Crippen LogP contribution is -3.13. The molecule has 1 heterocycles. The molecule has 0 aliphatic carbocycles. The zero-order valence-corrected chi connectivity index (χ0v) is 16.3. The maximum Gasteiger partial charge on any atom is 0.311 e. The fraction of sp³-hybridized carbons (Fsp3) is 0.381. The van der Waals surface area contributed by atoms with E-state index in [4.69, 9.17) is 4.74 Å². The van der Waals surface area contributed by atoms with E-state index in [1.807, 2.05) is 6.07 Å². The van der Waals surface area contributed by atoms with E-state index in [0.717, 1.165) is 19.6 Å². The molecule has 0 aromatic heterocycles. The van der Waals surface area contributed by atoms with Gasteiger partial charge >= 0.3 is 5.69 Å². The lowest BCUT2D eigenvalue weighted by atomic mass is 10.1. The van der Waals surface area contributed by atoms with Crippen molar-refractivity contribution in [2.24, 2.45) is 0 Å². The van der Waals surface area contributed by atoms with Gasteiger partial charge in [0.1, 0.15) is 6.54 Å². The van der Waals surface area contributed by atoms with Crippen LogP contribution in [0.25, 0.3) is 0 Å². The summed E-state index contributed by atoms with van der Waals surface area (Å²) in [6.45, 7) is 8.17. The number of aryl methyl sites for hydroxylation is 1. The molecule has 0 bridgehead atoms. The first-order valence-electron chi connectivity index (χ1n) is 9.58. The number of carbonyl (C=O) groups is 1. The number of hydrogen-bond acceptors (Lipinski definition) is 4. The van der Waals surface area contributed by atoms with Crippen molar-refractivity contribution in [1.29, 1.82) is 0 Å². The number of nitro benzene ring substituents is 1. The molecule has 1 aliphatic rings. The molecule has 148 valence electrons. The third-order valence-corrected chi connectivity index (χ3v) is 5.16. The summed E-state index contributed by atoms with van der Waals surface area (Å²) in [4.78, 5) is 26.8. The highest BCUT2D eigenvalue weighted by atomic mass is 16.6. The van der Waals surface area contributed by atoms with Crippen LogP contribution in [0.3, 0.4) is 0 Å². The standard InChI is InChI=1S/C21H25N3O4/c1-3-28-20-9-8-17(14-19(20)24(26)27)21(25)23-12-10-22(11-13-23)15-18-7-5-4-6-16(18)2/h4-9,14H,3,10-13,15H2,1-2H3/p+1. The van der Waals surface area contributed by atoms with Gasteiger partial charge in [-0.15, -0.1) is 0 Å². The van der Waals surface area contributed by atoms with Crippen LogP contribution in [-0.4, -0.2) is 48.5 Å². The summed E-state index contributed by atoms with van der Waals surface area (Å²) < 4.78 is 5.29. The Morgan fingerprint density at radius 3 is 2.57 bits per heavy atom. The molecule has 1 saturated heterocycles. The number of carbonyl (C=O) groups excluding carboxylic acids is 1. The van der Waals surface area contributed by atoms with Crippen molar-refractivity contribution in [2.75, 3.05) is 32.8 Å². The zero-order valence-electron chi connectivity index (χ0n) is 16.3. The van der Waals surface area contributed by atoms with Crippen molar-refractivity contribution < 1.29 is 19.4 Å². The molecule has 2 aromatic rings. The molecule has 0 unspecified atom stereocenters. The number of quaternary nitrogens is 1. The van der Waals surface area contributed by atoms with Gasteiger partial charge in [0.2, 0.25) is 0 Å². The highest BCUT2D eigenvalue weighted by Crippen LogP contribution is 2.28. The second-order valence-electron chi connectivity index (χ2n) is 7.02. The minimum atomic E-state index is -0.508. The van der Waals surface area contributed by atoms with Gasteiger partial charge in [0.15, 0.2) is 5.75 Å². The Kier molecular flexibility index (Phi) is 6.26. The van der Waals surface area contributed by atoms with E-state index in [9.17, 15) is 14.9 Å². The maximum atomic E-state index is 12.8.